The van der Waals surface area contributed by atoms with E-state index in [0.717, 1.165) is 25.9 Å². The van der Waals surface area contributed by atoms with E-state index < -0.39 is 7.60 Å². The molecule has 0 aliphatic rings. The number of rotatable bonds is 8. The standard InChI is InChI=1S/C8H19O4P/c1-10-7-5-4-6-8-13(9,11-2)12-3/h4-8H2,1-3H3. The SMILES string of the molecule is COCCCCCP(=O)(OC)OC. The summed E-state index contributed by atoms with van der Waals surface area (Å²) in [5.41, 5.74) is 0. The van der Waals surface area contributed by atoms with Gasteiger partial charge in [-0.3, -0.25) is 4.57 Å². The molecule has 0 saturated carbocycles. The van der Waals surface area contributed by atoms with Gasteiger partial charge in [0.25, 0.3) is 0 Å². The summed E-state index contributed by atoms with van der Waals surface area (Å²) in [4.78, 5) is 0. The molecule has 4 nitrogen and oxygen atoms in total. The highest BCUT2D eigenvalue weighted by atomic mass is 31.2. The second-order valence-electron chi connectivity index (χ2n) is 2.75. The van der Waals surface area contributed by atoms with Crippen molar-refractivity contribution in [2.45, 2.75) is 19.3 Å². The van der Waals surface area contributed by atoms with Crippen molar-refractivity contribution in [2.75, 3.05) is 34.1 Å². The van der Waals surface area contributed by atoms with Crippen LogP contribution in [0.5, 0.6) is 0 Å². The topological polar surface area (TPSA) is 44.8 Å². The molecule has 0 heterocycles. The molecule has 0 aromatic carbocycles. The van der Waals surface area contributed by atoms with Crippen molar-refractivity contribution in [2.24, 2.45) is 0 Å². The molecule has 0 rings (SSSR count). The molecular weight excluding hydrogens is 191 g/mol. The predicted octanol–water partition coefficient (Wildman–Crippen LogP) is 2.29. The van der Waals surface area contributed by atoms with Crippen LogP contribution in [-0.4, -0.2) is 34.1 Å². The molecule has 0 aromatic heterocycles. The second kappa shape index (κ2) is 7.51. The summed E-state index contributed by atoms with van der Waals surface area (Å²) in [7, 11) is 1.74. The quantitative estimate of drug-likeness (QED) is 0.455. The van der Waals surface area contributed by atoms with Gasteiger partial charge in [-0.1, -0.05) is 6.42 Å². The average molecular weight is 210 g/mol. The van der Waals surface area contributed by atoms with E-state index in [0.29, 0.717) is 6.16 Å². The molecule has 0 amide bonds. The summed E-state index contributed by atoms with van der Waals surface area (Å²) < 4.78 is 26.0. The zero-order chi connectivity index (χ0) is 10.2. The van der Waals surface area contributed by atoms with Crippen LogP contribution in [0.15, 0.2) is 0 Å². The molecule has 0 aliphatic carbocycles. The molecule has 0 unspecified atom stereocenters. The third kappa shape index (κ3) is 6.22. The fourth-order valence-electron chi connectivity index (χ4n) is 0.986. The van der Waals surface area contributed by atoms with E-state index in [-0.39, 0.29) is 0 Å². The Morgan fingerprint density at radius 2 is 1.62 bits per heavy atom. The van der Waals surface area contributed by atoms with Crippen molar-refractivity contribution in [3.05, 3.63) is 0 Å². The van der Waals surface area contributed by atoms with Crippen LogP contribution in [0.3, 0.4) is 0 Å². The molecule has 5 heteroatoms. The van der Waals surface area contributed by atoms with E-state index in [4.69, 9.17) is 13.8 Å². The van der Waals surface area contributed by atoms with Gasteiger partial charge < -0.3 is 13.8 Å². The largest absolute Gasteiger partial charge is 0.385 e. The van der Waals surface area contributed by atoms with Gasteiger partial charge in [-0.15, -0.1) is 0 Å². The van der Waals surface area contributed by atoms with Crippen molar-refractivity contribution in [3.63, 3.8) is 0 Å². The number of hydrogen-bond acceptors (Lipinski definition) is 4. The van der Waals surface area contributed by atoms with Gasteiger partial charge in [-0.25, -0.2) is 0 Å². The van der Waals surface area contributed by atoms with Crippen LogP contribution in [0.2, 0.25) is 0 Å². The maximum absolute atomic E-state index is 11.5. The summed E-state index contributed by atoms with van der Waals surface area (Å²) in [6.45, 7) is 0.754. The van der Waals surface area contributed by atoms with Gasteiger partial charge in [0, 0.05) is 27.9 Å². The van der Waals surface area contributed by atoms with Gasteiger partial charge in [0.2, 0.25) is 0 Å². The number of ether oxygens (including phenoxy) is 1. The molecular formula is C8H19O4P. The van der Waals surface area contributed by atoms with Gasteiger partial charge in [0.15, 0.2) is 0 Å². The minimum atomic E-state index is -2.77. The van der Waals surface area contributed by atoms with Crippen molar-refractivity contribution in [1.82, 2.24) is 0 Å². The Balaban J connectivity index is 3.45. The normalized spacial score (nSPS) is 11.9. The third-order valence-corrected chi connectivity index (χ3v) is 3.81. The van der Waals surface area contributed by atoms with Crippen LogP contribution < -0.4 is 0 Å². The molecule has 0 fully saturated rings. The Kier molecular flexibility index (Phi) is 7.57. The summed E-state index contributed by atoms with van der Waals surface area (Å²) >= 11 is 0. The van der Waals surface area contributed by atoms with Crippen molar-refractivity contribution >= 4 is 7.60 Å². The maximum atomic E-state index is 11.5. The maximum Gasteiger partial charge on any atom is 0.330 e. The Morgan fingerprint density at radius 1 is 1.00 bits per heavy atom. The Bertz CT molecular complexity index is 152. The molecule has 0 atom stereocenters. The van der Waals surface area contributed by atoms with Crippen LogP contribution in [-0.2, 0) is 18.3 Å². The highest BCUT2D eigenvalue weighted by Gasteiger charge is 2.19. The molecule has 80 valence electrons. The first kappa shape index (κ1) is 13.1. The van der Waals surface area contributed by atoms with E-state index >= 15 is 0 Å². The van der Waals surface area contributed by atoms with Crippen molar-refractivity contribution < 1.29 is 18.3 Å². The van der Waals surface area contributed by atoms with Crippen LogP contribution in [0.4, 0.5) is 0 Å². The molecule has 0 saturated heterocycles. The van der Waals surface area contributed by atoms with E-state index in [9.17, 15) is 4.57 Å². The van der Waals surface area contributed by atoms with Crippen LogP contribution in [0, 0.1) is 0 Å². The third-order valence-electron chi connectivity index (χ3n) is 1.84. The highest BCUT2D eigenvalue weighted by Crippen LogP contribution is 2.46. The van der Waals surface area contributed by atoms with Gasteiger partial charge in [0.1, 0.15) is 0 Å². The van der Waals surface area contributed by atoms with E-state index in [1.165, 1.54) is 14.2 Å². The van der Waals surface area contributed by atoms with Gasteiger partial charge in [-0.2, -0.15) is 0 Å². The summed E-state index contributed by atoms with van der Waals surface area (Å²) in [6.07, 6.45) is 3.32. The molecule has 0 aliphatic heterocycles. The summed E-state index contributed by atoms with van der Waals surface area (Å²) in [5, 5.41) is 0. The Morgan fingerprint density at radius 3 is 2.08 bits per heavy atom. The molecule has 13 heavy (non-hydrogen) atoms. The van der Waals surface area contributed by atoms with E-state index in [1.54, 1.807) is 7.11 Å². The first-order chi connectivity index (χ1) is 6.18. The lowest BCUT2D eigenvalue weighted by molar-refractivity contribution is 0.192. The fraction of sp³-hybridized carbons (Fsp3) is 1.00. The monoisotopic (exact) mass is 210 g/mol. The van der Waals surface area contributed by atoms with E-state index in [1.807, 2.05) is 0 Å². The van der Waals surface area contributed by atoms with Crippen molar-refractivity contribution in [1.29, 1.82) is 0 Å². The van der Waals surface area contributed by atoms with Crippen LogP contribution in [0.1, 0.15) is 19.3 Å². The van der Waals surface area contributed by atoms with E-state index in [2.05, 4.69) is 0 Å². The molecule has 0 bridgehead atoms. The molecule has 0 aromatic rings. The second-order valence-corrected chi connectivity index (χ2v) is 5.15. The van der Waals surface area contributed by atoms with Gasteiger partial charge in [-0.05, 0) is 12.8 Å². The lowest BCUT2D eigenvalue weighted by atomic mass is 10.3. The smallest absolute Gasteiger partial charge is 0.330 e. The lowest BCUT2D eigenvalue weighted by Gasteiger charge is -2.12. The molecule has 0 spiro atoms. The number of methoxy groups -OCH3 is 1. The number of hydrogen-bond donors (Lipinski definition) is 0. The fourth-order valence-corrected chi connectivity index (χ4v) is 2.11. The average Bonchev–Trinajstić information content (AvgIpc) is 2.17. The number of unbranched alkanes of at least 4 members (excludes halogenated alkanes) is 2. The zero-order valence-corrected chi connectivity index (χ0v) is 9.51. The minimum Gasteiger partial charge on any atom is -0.385 e. The van der Waals surface area contributed by atoms with Crippen molar-refractivity contribution in [3.8, 4) is 0 Å². The highest BCUT2D eigenvalue weighted by molar-refractivity contribution is 7.53. The lowest BCUT2D eigenvalue weighted by Crippen LogP contribution is -1.96. The Labute approximate surface area is 80.1 Å². The van der Waals surface area contributed by atoms with Gasteiger partial charge in [0.05, 0.1) is 6.16 Å². The van der Waals surface area contributed by atoms with Crippen LogP contribution in [0.25, 0.3) is 0 Å². The zero-order valence-electron chi connectivity index (χ0n) is 8.62. The van der Waals surface area contributed by atoms with Crippen LogP contribution >= 0.6 is 7.60 Å². The molecule has 0 N–H and O–H groups in total. The first-order valence-corrected chi connectivity index (χ1v) is 6.11. The Hall–Kier alpha value is 0.110. The summed E-state index contributed by atoms with van der Waals surface area (Å²) in [5.74, 6) is 0. The summed E-state index contributed by atoms with van der Waals surface area (Å²) in [6, 6.07) is 0. The van der Waals surface area contributed by atoms with Gasteiger partial charge >= 0.3 is 7.60 Å². The predicted molar refractivity (Wildman–Crippen MR) is 52.2 cm³/mol. The minimum absolute atomic E-state index is 0.490. The first-order valence-electron chi connectivity index (χ1n) is 4.38. The molecule has 0 radical (unpaired) electrons.